The zero-order valence-corrected chi connectivity index (χ0v) is 11.4. The molecule has 2 aromatic rings. The van der Waals surface area contributed by atoms with Crippen LogP contribution in [0.5, 0.6) is 11.5 Å². The predicted molar refractivity (Wildman–Crippen MR) is 75.7 cm³/mol. The van der Waals surface area contributed by atoms with Gasteiger partial charge in [0.1, 0.15) is 11.5 Å². The Hall–Kier alpha value is -2.96. The first-order valence-electron chi connectivity index (χ1n) is 6.06. The minimum atomic E-state index is -0.500. The van der Waals surface area contributed by atoms with Gasteiger partial charge in [0.2, 0.25) is 0 Å². The monoisotopic (exact) mass is 288 g/mol. The lowest BCUT2D eigenvalue weighted by Crippen LogP contribution is -1.94. The molecule has 0 fully saturated rings. The lowest BCUT2D eigenvalue weighted by Gasteiger charge is -2.07. The molecule has 2 rings (SSSR count). The van der Waals surface area contributed by atoms with Crippen molar-refractivity contribution in [2.75, 3.05) is 0 Å². The fourth-order valence-electron chi connectivity index (χ4n) is 1.83. The van der Waals surface area contributed by atoms with Crippen molar-refractivity contribution < 1.29 is 14.6 Å². The van der Waals surface area contributed by atoms with E-state index >= 15 is 0 Å². The normalized spacial score (nSPS) is 10.2. The van der Waals surface area contributed by atoms with Gasteiger partial charge in [0.05, 0.1) is 22.0 Å². The molecule has 7 nitrogen and oxygen atoms in total. The van der Waals surface area contributed by atoms with Crippen molar-refractivity contribution in [3.8, 4) is 11.5 Å². The second-order valence-electron chi connectivity index (χ2n) is 4.51. The molecule has 2 aromatic carbocycles. The van der Waals surface area contributed by atoms with Crippen LogP contribution in [0.4, 0.5) is 11.4 Å². The molecule has 0 N–H and O–H groups in total. The number of aryl methyl sites for hydroxylation is 2. The van der Waals surface area contributed by atoms with E-state index in [0.29, 0.717) is 11.1 Å². The number of nitro benzene ring substituents is 2. The minimum absolute atomic E-state index is 0.0610. The minimum Gasteiger partial charge on any atom is -0.457 e. The average Bonchev–Trinajstić information content (AvgIpc) is 2.42. The molecule has 0 saturated heterocycles. The summed E-state index contributed by atoms with van der Waals surface area (Å²) in [6.45, 7) is 3.25. The van der Waals surface area contributed by atoms with Gasteiger partial charge in [-0.25, -0.2) is 0 Å². The number of ether oxygens (including phenoxy) is 1. The van der Waals surface area contributed by atoms with Crippen molar-refractivity contribution in [2.24, 2.45) is 0 Å². The quantitative estimate of drug-likeness (QED) is 0.627. The van der Waals surface area contributed by atoms with Crippen molar-refractivity contribution in [1.82, 2.24) is 0 Å². The third-order valence-corrected chi connectivity index (χ3v) is 2.99. The molecule has 0 aliphatic heterocycles. The molecule has 0 aliphatic carbocycles. The highest BCUT2D eigenvalue weighted by atomic mass is 16.6. The summed E-state index contributed by atoms with van der Waals surface area (Å²) >= 11 is 0. The van der Waals surface area contributed by atoms with Crippen LogP contribution in [0.15, 0.2) is 36.4 Å². The molecule has 0 aromatic heterocycles. The number of nitrogens with zero attached hydrogens (tertiary/aromatic N) is 2. The van der Waals surface area contributed by atoms with Gasteiger partial charge in [-0.15, -0.1) is 0 Å². The molecular weight excluding hydrogens is 276 g/mol. The third-order valence-electron chi connectivity index (χ3n) is 2.99. The number of hydrogen-bond donors (Lipinski definition) is 0. The van der Waals surface area contributed by atoms with Crippen molar-refractivity contribution in [2.45, 2.75) is 13.8 Å². The molecule has 0 atom stereocenters. The fraction of sp³-hybridized carbons (Fsp3) is 0.143. The summed E-state index contributed by atoms with van der Waals surface area (Å²) in [6.07, 6.45) is 0. The van der Waals surface area contributed by atoms with Gasteiger partial charge in [-0.1, -0.05) is 0 Å². The van der Waals surface area contributed by atoms with E-state index in [1.54, 1.807) is 38.1 Å². The first-order chi connectivity index (χ1) is 9.88. The van der Waals surface area contributed by atoms with Gasteiger partial charge in [0, 0.05) is 11.1 Å². The SMILES string of the molecule is Cc1ccc(Oc2ccc(C)c([N+](=O)[O-])c2)cc1[N+](=O)[O-]. The Morgan fingerprint density at radius 2 is 1.19 bits per heavy atom. The van der Waals surface area contributed by atoms with E-state index in [2.05, 4.69) is 0 Å². The molecule has 0 unspecified atom stereocenters. The second-order valence-corrected chi connectivity index (χ2v) is 4.51. The van der Waals surface area contributed by atoms with Crippen molar-refractivity contribution in [3.05, 3.63) is 67.8 Å². The van der Waals surface area contributed by atoms with Gasteiger partial charge >= 0.3 is 0 Å². The Labute approximate surface area is 120 Å². The van der Waals surface area contributed by atoms with Gasteiger partial charge < -0.3 is 4.74 Å². The third kappa shape index (κ3) is 3.14. The fourth-order valence-corrected chi connectivity index (χ4v) is 1.83. The first-order valence-corrected chi connectivity index (χ1v) is 6.06. The van der Waals surface area contributed by atoms with E-state index in [1.807, 2.05) is 0 Å². The maximum absolute atomic E-state index is 10.9. The van der Waals surface area contributed by atoms with E-state index in [4.69, 9.17) is 4.74 Å². The van der Waals surface area contributed by atoms with E-state index < -0.39 is 9.85 Å². The van der Waals surface area contributed by atoms with Crippen LogP contribution in [0.25, 0.3) is 0 Å². The molecule has 0 bridgehead atoms. The van der Waals surface area contributed by atoms with Gasteiger partial charge in [-0.3, -0.25) is 20.2 Å². The maximum Gasteiger partial charge on any atom is 0.276 e. The Morgan fingerprint density at radius 3 is 1.52 bits per heavy atom. The highest BCUT2D eigenvalue weighted by molar-refractivity contribution is 5.49. The first kappa shape index (κ1) is 14.4. The molecule has 0 heterocycles. The lowest BCUT2D eigenvalue weighted by molar-refractivity contribution is -0.385. The van der Waals surface area contributed by atoms with Crippen LogP contribution in [0.3, 0.4) is 0 Å². The number of nitro groups is 2. The van der Waals surface area contributed by atoms with Crippen LogP contribution in [-0.2, 0) is 0 Å². The summed E-state index contributed by atoms with van der Waals surface area (Å²) in [7, 11) is 0. The molecule has 0 saturated carbocycles. The molecule has 0 radical (unpaired) electrons. The topological polar surface area (TPSA) is 95.5 Å². The standard InChI is InChI=1S/C14H12N2O5/c1-9-3-5-11(7-13(9)15(17)18)21-12-6-4-10(2)14(8-12)16(19)20/h3-8H,1-2H3. The van der Waals surface area contributed by atoms with E-state index in [-0.39, 0.29) is 22.9 Å². The summed E-state index contributed by atoms with van der Waals surface area (Å²) < 4.78 is 5.46. The zero-order chi connectivity index (χ0) is 15.6. The van der Waals surface area contributed by atoms with Crippen molar-refractivity contribution in [1.29, 1.82) is 0 Å². The Kier molecular flexibility index (Phi) is 3.84. The largest absolute Gasteiger partial charge is 0.457 e. The van der Waals surface area contributed by atoms with Crippen LogP contribution in [0.1, 0.15) is 11.1 Å². The number of rotatable bonds is 4. The van der Waals surface area contributed by atoms with Crippen LogP contribution in [-0.4, -0.2) is 9.85 Å². The van der Waals surface area contributed by atoms with Crippen LogP contribution < -0.4 is 4.74 Å². The molecule has 7 heteroatoms. The Bertz CT molecular complexity index is 666. The van der Waals surface area contributed by atoms with Crippen molar-refractivity contribution >= 4 is 11.4 Å². The zero-order valence-electron chi connectivity index (χ0n) is 11.4. The Morgan fingerprint density at radius 1 is 0.810 bits per heavy atom. The molecule has 0 spiro atoms. The highest BCUT2D eigenvalue weighted by Gasteiger charge is 2.14. The van der Waals surface area contributed by atoms with Gasteiger partial charge in [-0.2, -0.15) is 0 Å². The van der Waals surface area contributed by atoms with Crippen molar-refractivity contribution in [3.63, 3.8) is 0 Å². The number of benzene rings is 2. The van der Waals surface area contributed by atoms with E-state index in [9.17, 15) is 20.2 Å². The lowest BCUT2D eigenvalue weighted by atomic mass is 10.2. The molecule has 0 amide bonds. The Balaban J connectivity index is 2.34. The highest BCUT2D eigenvalue weighted by Crippen LogP contribution is 2.30. The average molecular weight is 288 g/mol. The van der Waals surface area contributed by atoms with Crippen LogP contribution in [0.2, 0.25) is 0 Å². The van der Waals surface area contributed by atoms with Gasteiger partial charge in [-0.05, 0) is 38.1 Å². The molecule has 0 aliphatic rings. The van der Waals surface area contributed by atoms with Gasteiger partial charge in [0.15, 0.2) is 0 Å². The molecular formula is C14H12N2O5. The summed E-state index contributed by atoms with van der Waals surface area (Å²) in [5.41, 5.74) is 0.910. The van der Waals surface area contributed by atoms with Gasteiger partial charge in [0.25, 0.3) is 11.4 Å². The van der Waals surface area contributed by atoms with E-state index in [1.165, 1.54) is 12.1 Å². The van der Waals surface area contributed by atoms with E-state index in [0.717, 1.165) is 0 Å². The van der Waals surface area contributed by atoms with Crippen LogP contribution >= 0.6 is 0 Å². The summed E-state index contributed by atoms with van der Waals surface area (Å²) in [4.78, 5) is 20.7. The summed E-state index contributed by atoms with van der Waals surface area (Å²) in [5, 5.41) is 21.8. The smallest absolute Gasteiger partial charge is 0.276 e. The molecule has 108 valence electrons. The van der Waals surface area contributed by atoms with Crippen LogP contribution in [0, 0.1) is 34.1 Å². The predicted octanol–water partition coefficient (Wildman–Crippen LogP) is 3.91. The summed E-state index contributed by atoms with van der Waals surface area (Å²) in [5.74, 6) is 0.510. The maximum atomic E-state index is 10.9. The molecule has 21 heavy (non-hydrogen) atoms. The number of hydrogen-bond acceptors (Lipinski definition) is 5. The summed E-state index contributed by atoms with van der Waals surface area (Å²) in [6, 6.07) is 8.87. The second kappa shape index (κ2) is 5.58.